The van der Waals surface area contributed by atoms with Crippen LogP contribution in [0.2, 0.25) is 0 Å². The topological polar surface area (TPSA) is 38.3 Å². The lowest BCUT2D eigenvalue weighted by molar-refractivity contribution is -0.140. The average Bonchev–Trinajstić information content (AvgIpc) is 2.39. The van der Waals surface area contributed by atoms with Gasteiger partial charge in [-0.2, -0.15) is 0 Å². The largest absolute Gasteiger partial charge is 0.465 e. The Labute approximate surface area is 116 Å². The van der Waals surface area contributed by atoms with Gasteiger partial charge >= 0.3 is 5.97 Å². The van der Waals surface area contributed by atoms with Crippen LogP contribution in [0.5, 0.6) is 0 Å². The Morgan fingerprint density at radius 3 is 2.16 bits per heavy atom. The summed E-state index contributed by atoms with van der Waals surface area (Å²) in [4.78, 5) is 11.5. The van der Waals surface area contributed by atoms with Crippen molar-refractivity contribution in [3.8, 4) is 0 Å². The molecule has 3 heteroatoms. The molecule has 19 heavy (non-hydrogen) atoms. The highest BCUT2D eigenvalue weighted by atomic mass is 16.5. The van der Waals surface area contributed by atoms with Crippen LogP contribution >= 0.6 is 0 Å². The van der Waals surface area contributed by atoms with Crippen LogP contribution in [0.4, 0.5) is 5.69 Å². The number of anilines is 1. The Morgan fingerprint density at radius 2 is 1.68 bits per heavy atom. The molecule has 1 aromatic carbocycles. The van der Waals surface area contributed by atoms with Crippen molar-refractivity contribution in [2.45, 2.75) is 46.5 Å². The molecule has 0 spiro atoms. The SMILES string of the molecule is CCCc1cccc(CCC)c1NCC(=O)OCC. The van der Waals surface area contributed by atoms with Gasteiger partial charge in [0.1, 0.15) is 6.54 Å². The zero-order valence-electron chi connectivity index (χ0n) is 12.3. The smallest absolute Gasteiger partial charge is 0.325 e. The molecule has 0 unspecified atom stereocenters. The summed E-state index contributed by atoms with van der Waals surface area (Å²) in [6.07, 6.45) is 4.26. The average molecular weight is 263 g/mol. The maximum atomic E-state index is 11.5. The van der Waals surface area contributed by atoms with Crippen LogP contribution < -0.4 is 5.32 Å². The molecular weight excluding hydrogens is 238 g/mol. The number of carbonyl (C=O) groups is 1. The molecule has 0 amide bonds. The lowest BCUT2D eigenvalue weighted by atomic mass is 10.00. The number of carbonyl (C=O) groups excluding carboxylic acids is 1. The second kappa shape index (κ2) is 8.57. The van der Waals surface area contributed by atoms with E-state index in [0.29, 0.717) is 6.61 Å². The van der Waals surface area contributed by atoms with Gasteiger partial charge in [-0.3, -0.25) is 4.79 Å². The van der Waals surface area contributed by atoms with E-state index in [0.717, 1.165) is 31.4 Å². The van der Waals surface area contributed by atoms with E-state index >= 15 is 0 Å². The fraction of sp³-hybridized carbons (Fsp3) is 0.562. The molecule has 106 valence electrons. The molecular formula is C16H25NO2. The monoisotopic (exact) mass is 263 g/mol. The molecule has 0 bridgehead atoms. The predicted octanol–water partition coefficient (Wildman–Crippen LogP) is 3.57. The van der Waals surface area contributed by atoms with Crippen molar-refractivity contribution in [1.82, 2.24) is 0 Å². The van der Waals surface area contributed by atoms with E-state index in [1.54, 1.807) is 0 Å². The number of para-hydroxylation sites is 1. The summed E-state index contributed by atoms with van der Waals surface area (Å²) in [5, 5.41) is 3.26. The summed E-state index contributed by atoms with van der Waals surface area (Å²) >= 11 is 0. The van der Waals surface area contributed by atoms with Gasteiger partial charge in [-0.05, 0) is 30.9 Å². The summed E-state index contributed by atoms with van der Waals surface area (Å²) in [5.41, 5.74) is 3.70. The van der Waals surface area contributed by atoms with E-state index in [9.17, 15) is 4.79 Å². The zero-order valence-corrected chi connectivity index (χ0v) is 12.3. The first-order valence-electron chi connectivity index (χ1n) is 7.23. The third-order valence-electron chi connectivity index (χ3n) is 2.99. The van der Waals surface area contributed by atoms with Crippen molar-refractivity contribution in [3.05, 3.63) is 29.3 Å². The number of nitrogens with one attached hydrogen (secondary N) is 1. The van der Waals surface area contributed by atoms with E-state index in [1.807, 2.05) is 6.92 Å². The first kappa shape index (κ1) is 15.5. The highest BCUT2D eigenvalue weighted by Gasteiger charge is 2.09. The summed E-state index contributed by atoms with van der Waals surface area (Å²) in [5.74, 6) is -0.198. The van der Waals surface area contributed by atoms with E-state index in [4.69, 9.17) is 4.74 Å². The second-order valence-electron chi connectivity index (χ2n) is 4.61. The molecule has 1 rings (SSSR count). The van der Waals surface area contributed by atoms with Gasteiger partial charge in [0.2, 0.25) is 0 Å². The van der Waals surface area contributed by atoms with Gasteiger partial charge < -0.3 is 10.1 Å². The third kappa shape index (κ3) is 4.93. The van der Waals surface area contributed by atoms with Crippen LogP contribution in [0, 0.1) is 0 Å². The minimum Gasteiger partial charge on any atom is -0.465 e. The van der Waals surface area contributed by atoms with Crippen LogP contribution in [0.1, 0.15) is 44.7 Å². The summed E-state index contributed by atoms with van der Waals surface area (Å²) < 4.78 is 4.96. The predicted molar refractivity (Wildman–Crippen MR) is 79.6 cm³/mol. The maximum Gasteiger partial charge on any atom is 0.325 e. The third-order valence-corrected chi connectivity index (χ3v) is 2.99. The van der Waals surface area contributed by atoms with E-state index in [2.05, 4.69) is 37.4 Å². The van der Waals surface area contributed by atoms with E-state index < -0.39 is 0 Å². The van der Waals surface area contributed by atoms with Crippen molar-refractivity contribution in [2.75, 3.05) is 18.5 Å². The number of rotatable bonds is 8. The fourth-order valence-corrected chi connectivity index (χ4v) is 2.21. The van der Waals surface area contributed by atoms with Gasteiger partial charge in [-0.1, -0.05) is 44.9 Å². The van der Waals surface area contributed by atoms with E-state index in [-0.39, 0.29) is 12.5 Å². The molecule has 0 aliphatic carbocycles. The molecule has 0 aliphatic rings. The van der Waals surface area contributed by atoms with Crippen molar-refractivity contribution in [3.63, 3.8) is 0 Å². The Morgan fingerprint density at radius 1 is 1.11 bits per heavy atom. The van der Waals surface area contributed by atoms with Gasteiger partial charge in [0.15, 0.2) is 0 Å². The number of hydrogen-bond donors (Lipinski definition) is 1. The van der Waals surface area contributed by atoms with Gasteiger partial charge in [0.25, 0.3) is 0 Å². The summed E-state index contributed by atoms with van der Waals surface area (Å²) in [7, 11) is 0. The van der Waals surface area contributed by atoms with Crippen molar-refractivity contribution in [2.24, 2.45) is 0 Å². The van der Waals surface area contributed by atoms with Crippen LogP contribution in [0.3, 0.4) is 0 Å². The molecule has 0 heterocycles. The quantitative estimate of drug-likeness (QED) is 0.729. The van der Waals surface area contributed by atoms with Gasteiger partial charge in [-0.25, -0.2) is 0 Å². The molecule has 0 saturated carbocycles. The highest BCUT2D eigenvalue weighted by molar-refractivity contribution is 5.76. The van der Waals surface area contributed by atoms with Crippen molar-refractivity contribution in [1.29, 1.82) is 0 Å². The molecule has 1 N–H and O–H groups in total. The maximum absolute atomic E-state index is 11.5. The number of hydrogen-bond acceptors (Lipinski definition) is 3. The van der Waals surface area contributed by atoms with E-state index in [1.165, 1.54) is 11.1 Å². The van der Waals surface area contributed by atoms with Gasteiger partial charge in [-0.15, -0.1) is 0 Å². The van der Waals surface area contributed by atoms with Crippen molar-refractivity contribution < 1.29 is 9.53 Å². The molecule has 3 nitrogen and oxygen atoms in total. The minimum absolute atomic E-state index is 0.198. The number of esters is 1. The molecule has 0 atom stereocenters. The van der Waals surface area contributed by atoms with Crippen molar-refractivity contribution >= 4 is 11.7 Å². The Balaban J connectivity index is 2.83. The minimum atomic E-state index is -0.198. The summed E-state index contributed by atoms with van der Waals surface area (Å²) in [6, 6.07) is 6.37. The molecule has 0 saturated heterocycles. The lowest BCUT2D eigenvalue weighted by Crippen LogP contribution is -2.18. The van der Waals surface area contributed by atoms with Crippen LogP contribution in [-0.4, -0.2) is 19.1 Å². The van der Waals surface area contributed by atoms with Crippen LogP contribution in [-0.2, 0) is 22.4 Å². The number of aryl methyl sites for hydroxylation is 2. The lowest BCUT2D eigenvalue weighted by Gasteiger charge is -2.16. The molecule has 0 aromatic heterocycles. The molecule has 0 aliphatic heterocycles. The van der Waals surface area contributed by atoms with Crippen LogP contribution in [0.25, 0.3) is 0 Å². The first-order chi connectivity index (χ1) is 9.22. The molecule has 0 radical (unpaired) electrons. The zero-order chi connectivity index (χ0) is 14.1. The molecule has 0 fully saturated rings. The highest BCUT2D eigenvalue weighted by Crippen LogP contribution is 2.23. The number of ether oxygens (including phenoxy) is 1. The fourth-order valence-electron chi connectivity index (χ4n) is 2.21. The van der Waals surface area contributed by atoms with Crippen LogP contribution in [0.15, 0.2) is 18.2 Å². The number of benzene rings is 1. The summed E-state index contributed by atoms with van der Waals surface area (Å²) in [6.45, 7) is 6.83. The molecule has 1 aromatic rings. The standard InChI is InChI=1S/C16H25NO2/c1-4-8-13-10-7-11-14(9-5-2)16(13)17-12-15(18)19-6-3/h7,10-11,17H,4-6,8-9,12H2,1-3H3. The Bertz CT molecular complexity index is 377. The Kier molecular flexibility index (Phi) is 7.01. The normalized spacial score (nSPS) is 10.3. The Hall–Kier alpha value is -1.51. The first-order valence-corrected chi connectivity index (χ1v) is 7.23. The second-order valence-corrected chi connectivity index (χ2v) is 4.61. The van der Waals surface area contributed by atoms with Gasteiger partial charge in [0, 0.05) is 5.69 Å². The van der Waals surface area contributed by atoms with Gasteiger partial charge in [0.05, 0.1) is 6.61 Å².